The molecule has 1 aliphatic heterocycles. The molecule has 0 bridgehead atoms. The van der Waals surface area contributed by atoms with Crippen LogP contribution in [0.4, 0.5) is 11.5 Å². The number of nitrogen functional groups attached to an aromatic ring is 1. The molecule has 0 amide bonds. The van der Waals surface area contributed by atoms with Crippen LogP contribution in [0, 0.1) is 0 Å². The van der Waals surface area contributed by atoms with Crippen molar-refractivity contribution in [2.24, 2.45) is 0 Å². The van der Waals surface area contributed by atoms with Crippen molar-refractivity contribution in [3.63, 3.8) is 0 Å². The Morgan fingerprint density at radius 2 is 1.95 bits per heavy atom. The van der Waals surface area contributed by atoms with Crippen molar-refractivity contribution < 1.29 is 5.11 Å². The minimum atomic E-state index is 0.222. The highest BCUT2D eigenvalue weighted by atomic mass is 16.3. The molecule has 0 radical (unpaired) electrons. The minimum absolute atomic E-state index is 0.222. The number of fused-ring (bicyclic) bond motifs is 1. The van der Waals surface area contributed by atoms with E-state index in [-0.39, 0.29) is 6.61 Å². The number of nitrogens with two attached hydrogens (primary N) is 1. The third-order valence-electron chi connectivity index (χ3n) is 3.89. The lowest BCUT2D eigenvalue weighted by Crippen LogP contribution is -2.47. The van der Waals surface area contributed by atoms with Gasteiger partial charge >= 0.3 is 0 Å². The topological polar surface area (TPSA) is 65.6 Å². The van der Waals surface area contributed by atoms with Crippen LogP contribution < -0.4 is 10.6 Å². The van der Waals surface area contributed by atoms with Crippen molar-refractivity contribution in [1.29, 1.82) is 0 Å². The number of nitrogens with zero attached hydrogens (tertiary/aromatic N) is 3. The molecule has 0 saturated carbocycles. The molecule has 106 valence electrons. The predicted octanol–water partition coefficient (Wildman–Crippen LogP) is 0.931. The van der Waals surface area contributed by atoms with Gasteiger partial charge in [0.25, 0.3) is 0 Å². The number of aliphatic hydroxyl groups is 1. The van der Waals surface area contributed by atoms with Gasteiger partial charge in [0.15, 0.2) is 0 Å². The number of hydrogen-bond donors (Lipinski definition) is 2. The van der Waals surface area contributed by atoms with Crippen molar-refractivity contribution >= 4 is 22.3 Å². The molecule has 1 aromatic heterocycles. The first-order valence-electron chi connectivity index (χ1n) is 7.01. The van der Waals surface area contributed by atoms with E-state index >= 15 is 0 Å². The smallest absolute Gasteiger partial charge is 0.138 e. The maximum absolute atomic E-state index is 9.00. The third kappa shape index (κ3) is 2.42. The van der Waals surface area contributed by atoms with Gasteiger partial charge in [-0.1, -0.05) is 12.1 Å². The average Bonchev–Trinajstić information content (AvgIpc) is 2.48. The van der Waals surface area contributed by atoms with Crippen LogP contribution >= 0.6 is 0 Å². The maximum atomic E-state index is 9.00. The fourth-order valence-corrected chi connectivity index (χ4v) is 2.80. The first kappa shape index (κ1) is 13.1. The zero-order chi connectivity index (χ0) is 13.9. The van der Waals surface area contributed by atoms with E-state index in [4.69, 9.17) is 10.8 Å². The molecule has 0 aliphatic carbocycles. The fraction of sp³-hybridized carbons (Fsp3) is 0.400. The highest BCUT2D eigenvalue weighted by Gasteiger charge is 2.19. The van der Waals surface area contributed by atoms with Gasteiger partial charge in [-0.05, 0) is 17.5 Å². The third-order valence-corrected chi connectivity index (χ3v) is 3.89. The minimum Gasteiger partial charge on any atom is -0.398 e. The lowest BCUT2D eigenvalue weighted by atomic mass is 10.1. The Balaban J connectivity index is 1.88. The van der Waals surface area contributed by atoms with E-state index in [0.717, 1.165) is 55.0 Å². The molecule has 3 N–H and O–H groups in total. The van der Waals surface area contributed by atoms with E-state index in [9.17, 15) is 0 Å². The van der Waals surface area contributed by atoms with Gasteiger partial charge in [0.2, 0.25) is 0 Å². The van der Waals surface area contributed by atoms with Crippen LogP contribution in [0.5, 0.6) is 0 Å². The van der Waals surface area contributed by atoms with Crippen molar-refractivity contribution in [2.75, 3.05) is 50.0 Å². The summed E-state index contributed by atoms with van der Waals surface area (Å²) in [6.07, 6.45) is 1.84. The summed E-state index contributed by atoms with van der Waals surface area (Å²) < 4.78 is 0. The highest BCUT2D eigenvalue weighted by Crippen LogP contribution is 2.29. The number of piperazine rings is 1. The Hall–Kier alpha value is -1.85. The number of aromatic nitrogens is 1. The van der Waals surface area contributed by atoms with Gasteiger partial charge in [-0.3, -0.25) is 4.90 Å². The summed E-state index contributed by atoms with van der Waals surface area (Å²) in [6, 6.07) is 7.96. The summed E-state index contributed by atoms with van der Waals surface area (Å²) in [5.41, 5.74) is 6.91. The number of benzene rings is 1. The van der Waals surface area contributed by atoms with Crippen LogP contribution in [-0.2, 0) is 0 Å². The van der Waals surface area contributed by atoms with Gasteiger partial charge < -0.3 is 15.7 Å². The Morgan fingerprint density at radius 3 is 2.70 bits per heavy atom. The Labute approximate surface area is 118 Å². The van der Waals surface area contributed by atoms with E-state index in [2.05, 4.69) is 20.9 Å². The normalized spacial score (nSPS) is 16.8. The first-order valence-corrected chi connectivity index (χ1v) is 7.01. The lowest BCUT2D eigenvalue weighted by Gasteiger charge is -2.35. The van der Waals surface area contributed by atoms with E-state index < -0.39 is 0 Å². The van der Waals surface area contributed by atoms with E-state index in [1.165, 1.54) is 0 Å². The molecule has 0 spiro atoms. The summed E-state index contributed by atoms with van der Waals surface area (Å²) in [6.45, 7) is 4.70. The van der Waals surface area contributed by atoms with Crippen molar-refractivity contribution in [2.45, 2.75) is 0 Å². The second-order valence-corrected chi connectivity index (χ2v) is 5.13. The zero-order valence-corrected chi connectivity index (χ0v) is 11.5. The number of pyridine rings is 1. The average molecular weight is 272 g/mol. The summed E-state index contributed by atoms with van der Waals surface area (Å²) in [5, 5.41) is 11.2. The zero-order valence-electron chi connectivity index (χ0n) is 11.5. The number of hydrogen-bond acceptors (Lipinski definition) is 5. The van der Waals surface area contributed by atoms with E-state index in [0.29, 0.717) is 0 Å². The largest absolute Gasteiger partial charge is 0.398 e. The number of β-amino-alcohol motifs (C(OH)–C–C–N with tert-alkyl or cyclic N) is 1. The second-order valence-electron chi connectivity index (χ2n) is 5.13. The molecule has 5 nitrogen and oxygen atoms in total. The van der Waals surface area contributed by atoms with E-state index in [1.807, 2.05) is 24.4 Å². The molecule has 1 aromatic carbocycles. The monoisotopic (exact) mass is 272 g/mol. The van der Waals surface area contributed by atoms with Gasteiger partial charge in [-0.25, -0.2) is 4.98 Å². The molecule has 0 unspecified atom stereocenters. The Kier molecular flexibility index (Phi) is 3.71. The van der Waals surface area contributed by atoms with Crippen LogP contribution in [0.2, 0.25) is 0 Å². The van der Waals surface area contributed by atoms with Gasteiger partial charge in [0, 0.05) is 50.0 Å². The molecule has 2 heterocycles. The van der Waals surface area contributed by atoms with Gasteiger partial charge in [-0.15, -0.1) is 0 Å². The van der Waals surface area contributed by atoms with Crippen molar-refractivity contribution in [1.82, 2.24) is 9.88 Å². The molecule has 0 atom stereocenters. The van der Waals surface area contributed by atoms with Crippen molar-refractivity contribution in [3.05, 3.63) is 30.5 Å². The summed E-state index contributed by atoms with van der Waals surface area (Å²) in [4.78, 5) is 9.09. The second kappa shape index (κ2) is 5.64. The lowest BCUT2D eigenvalue weighted by molar-refractivity contribution is 0.188. The van der Waals surface area contributed by atoms with E-state index in [1.54, 1.807) is 0 Å². The van der Waals surface area contributed by atoms with Crippen molar-refractivity contribution in [3.8, 4) is 0 Å². The summed E-state index contributed by atoms with van der Waals surface area (Å²) in [5.74, 6) is 0.976. The molecule has 1 fully saturated rings. The summed E-state index contributed by atoms with van der Waals surface area (Å²) >= 11 is 0. The van der Waals surface area contributed by atoms with Crippen LogP contribution in [0.1, 0.15) is 0 Å². The SMILES string of the molecule is Nc1cccc2ccnc(N3CCN(CCO)CC3)c12. The number of aliphatic hydroxyl groups excluding tert-OH is 1. The number of rotatable bonds is 3. The first-order chi connectivity index (χ1) is 9.79. The van der Waals surface area contributed by atoms with Gasteiger partial charge in [-0.2, -0.15) is 0 Å². The molecule has 3 rings (SSSR count). The molecule has 1 aliphatic rings. The van der Waals surface area contributed by atoms with Crippen LogP contribution in [0.25, 0.3) is 10.8 Å². The Bertz CT molecular complexity index is 588. The summed E-state index contributed by atoms with van der Waals surface area (Å²) in [7, 11) is 0. The molecular formula is C15H20N4O. The molecule has 2 aromatic rings. The van der Waals surface area contributed by atoms with Crippen LogP contribution in [-0.4, -0.2) is 54.3 Å². The molecular weight excluding hydrogens is 252 g/mol. The molecule has 5 heteroatoms. The number of anilines is 2. The maximum Gasteiger partial charge on any atom is 0.138 e. The molecule has 20 heavy (non-hydrogen) atoms. The molecule has 1 saturated heterocycles. The van der Waals surface area contributed by atoms with Crippen LogP contribution in [0.15, 0.2) is 30.5 Å². The van der Waals surface area contributed by atoms with Gasteiger partial charge in [0.1, 0.15) is 5.82 Å². The standard InChI is InChI=1S/C15H20N4O/c16-13-3-1-2-12-4-5-17-15(14(12)13)19-8-6-18(7-9-19)10-11-20/h1-5,20H,6-11,16H2. The highest BCUT2D eigenvalue weighted by molar-refractivity contribution is 6.01. The quantitative estimate of drug-likeness (QED) is 0.814. The fourth-order valence-electron chi connectivity index (χ4n) is 2.80. The van der Waals surface area contributed by atoms with Crippen LogP contribution in [0.3, 0.4) is 0 Å². The predicted molar refractivity (Wildman–Crippen MR) is 81.9 cm³/mol. The Morgan fingerprint density at radius 1 is 1.15 bits per heavy atom. The van der Waals surface area contributed by atoms with Gasteiger partial charge in [0.05, 0.1) is 6.61 Å².